The molecule has 7 nitrogen and oxygen atoms in total. The van der Waals surface area contributed by atoms with E-state index < -0.39 is 0 Å². The molecule has 2 aromatic rings. The second-order valence-corrected chi connectivity index (χ2v) is 5.53. The van der Waals surface area contributed by atoms with Gasteiger partial charge in [-0.05, 0) is 31.2 Å². The van der Waals surface area contributed by atoms with Crippen molar-refractivity contribution in [2.75, 3.05) is 31.7 Å². The van der Waals surface area contributed by atoms with Crippen molar-refractivity contribution >= 4 is 17.6 Å². The zero-order valence-corrected chi connectivity index (χ0v) is 14.7. The van der Waals surface area contributed by atoms with Crippen LogP contribution in [-0.2, 0) is 14.3 Å². The second-order valence-electron chi connectivity index (χ2n) is 5.53. The summed E-state index contributed by atoms with van der Waals surface area (Å²) >= 11 is 0. The van der Waals surface area contributed by atoms with Gasteiger partial charge in [-0.3, -0.25) is 9.59 Å². The largest absolute Gasteiger partial charge is 0.491 e. The van der Waals surface area contributed by atoms with Gasteiger partial charge in [0.25, 0.3) is 0 Å². The molecule has 2 rings (SSSR count). The highest BCUT2D eigenvalue weighted by atomic mass is 16.5. The minimum atomic E-state index is -0.272. The summed E-state index contributed by atoms with van der Waals surface area (Å²) in [6, 6.07) is 14.8. The van der Waals surface area contributed by atoms with Crippen LogP contribution in [-0.4, -0.2) is 43.2 Å². The third kappa shape index (κ3) is 7.76. The van der Waals surface area contributed by atoms with E-state index in [1.165, 1.54) is 0 Å². The van der Waals surface area contributed by atoms with Crippen molar-refractivity contribution in [1.29, 1.82) is 0 Å². The van der Waals surface area contributed by atoms with Crippen LogP contribution in [0.25, 0.3) is 0 Å². The first-order valence-corrected chi connectivity index (χ1v) is 8.39. The minimum absolute atomic E-state index is 0.0702. The van der Waals surface area contributed by atoms with Gasteiger partial charge in [-0.1, -0.05) is 24.3 Å². The Labute approximate surface area is 152 Å². The second kappa shape index (κ2) is 10.8. The standard InChI is InChI=1S/C19H23N3O4/c1-15-6-5-9-17(21-15)22-18(23)10-11-20-19(24)14-25-12-13-26-16-7-3-2-4-8-16/h2-9H,10-14H2,1H3,(H,20,24)(H,21,22,23). The molecule has 0 spiro atoms. The lowest BCUT2D eigenvalue weighted by molar-refractivity contribution is -0.126. The summed E-state index contributed by atoms with van der Waals surface area (Å²) in [5, 5.41) is 5.32. The van der Waals surface area contributed by atoms with Gasteiger partial charge in [0.05, 0.1) is 6.61 Å². The van der Waals surface area contributed by atoms with Gasteiger partial charge < -0.3 is 20.1 Å². The SMILES string of the molecule is Cc1cccc(NC(=O)CCNC(=O)COCCOc2ccccc2)n1. The summed E-state index contributed by atoms with van der Waals surface area (Å²) in [7, 11) is 0. The fraction of sp³-hybridized carbons (Fsp3) is 0.316. The van der Waals surface area contributed by atoms with Crippen molar-refractivity contribution in [1.82, 2.24) is 10.3 Å². The molecule has 1 aromatic heterocycles. The first kappa shape index (κ1) is 19.4. The number of pyridine rings is 1. The van der Waals surface area contributed by atoms with Crippen molar-refractivity contribution in [2.24, 2.45) is 0 Å². The van der Waals surface area contributed by atoms with E-state index in [2.05, 4.69) is 15.6 Å². The molecule has 2 amide bonds. The lowest BCUT2D eigenvalue weighted by Gasteiger charge is -2.08. The van der Waals surface area contributed by atoms with Crippen LogP contribution in [0.15, 0.2) is 48.5 Å². The summed E-state index contributed by atoms with van der Waals surface area (Å²) < 4.78 is 10.7. The quantitative estimate of drug-likeness (QED) is 0.634. The molecule has 0 fully saturated rings. The molecule has 0 saturated carbocycles. The van der Waals surface area contributed by atoms with Gasteiger partial charge >= 0.3 is 0 Å². The van der Waals surface area contributed by atoms with Crippen LogP contribution in [0.3, 0.4) is 0 Å². The zero-order valence-electron chi connectivity index (χ0n) is 14.7. The van der Waals surface area contributed by atoms with Gasteiger partial charge in [0.15, 0.2) is 0 Å². The molecule has 0 aliphatic rings. The van der Waals surface area contributed by atoms with Crippen molar-refractivity contribution < 1.29 is 19.1 Å². The number of amides is 2. The average molecular weight is 357 g/mol. The highest BCUT2D eigenvalue weighted by Crippen LogP contribution is 2.07. The van der Waals surface area contributed by atoms with E-state index in [0.717, 1.165) is 11.4 Å². The Morgan fingerprint density at radius 2 is 1.81 bits per heavy atom. The fourth-order valence-corrected chi connectivity index (χ4v) is 2.08. The number of hydrogen-bond acceptors (Lipinski definition) is 5. The Balaban J connectivity index is 1.51. The first-order valence-electron chi connectivity index (χ1n) is 8.39. The molecule has 0 bridgehead atoms. The molecule has 0 unspecified atom stereocenters. The molecule has 0 atom stereocenters. The molecule has 26 heavy (non-hydrogen) atoms. The Hall–Kier alpha value is -2.93. The number of benzene rings is 1. The molecule has 0 saturated heterocycles. The lowest BCUT2D eigenvalue weighted by atomic mass is 10.3. The zero-order chi connectivity index (χ0) is 18.6. The van der Waals surface area contributed by atoms with Gasteiger partial charge in [0.1, 0.15) is 24.8 Å². The molecular weight excluding hydrogens is 334 g/mol. The molecular formula is C19H23N3O4. The summed E-state index contributed by atoms with van der Waals surface area (Å²) in [6.45, 7) is 2.69. The van der Waals surface area contributed by atoms with Gasteiger partial charge in [0.2, 0.25) is 11.8 Å². The van der Waals surface area contributed by atoms with E-state index in [1.54, 1.807) is 6.07 Å². The summed E-state index contributed by atoms with van der Waals surface area (Å²) in [6.07, 6.45) is 0.165. The molecule has 1 heterocycles. The van der Waals surface area contributed by atoms with E-state index >= 15 is 0 Å². The monoisotopic (exact) mass is 357 g/mol. The van der Waals surface area contributed by atoms with Crippen LogP contribution < -0.4 is 15.4 Å². The van der Waals surface area contributed by atoms with Crippen molar-refractivity contribution in [3.05, 3.63) is 54.2 Å². The van der Waals surface area contributed by atoms with Crippen molar-refractivity contribution in [2.45, 2.75) is 13.3 Å². The smallest absolute Gasteiger partial charge is 0.246 e. The first-order chi connectivity index (χ1) is 12.6. The number of rotatable bonds is 10. The van der Waals surface area contributed by atoms with Gasteiger partial charge in [0, 0.05) is 18.7 Å². The Morgan fingerprint density at radius 3 is 2.58 bits per heavy atom. The number of nitrogens with one attached hydrogen (secondary N) is 2. The number of carbonyl (C=O) groups is 2. The molecule has 7 heteroatoms. The minimum Gasteiger partial charge on any atom is -0.491 e. The van der Waals surface area contributed by atoms with Crippen LogP contribution in [0.1, 0.15) is 12.1 Å². The molecule has 2 N–H and O–H groups in total. The maximum atomic E-state index is 11.8. The summed E-state index contributed by atoms with van der Waals surface area (Å²) in [4.78, 5) is 27.6. The molecule has 138 valence electrons. The highest BCUT2D eigenvalue weighted by molar-refractivity contribution is 5.90. The van der Waals surface area contributed by atoms with E-state index in [9.17, 15) is 9.59 Å². The summed E-state index contributed by atoms with van der Waals surface area (Å²) in [5.74, 6) is 0.782. The average Bonchev–Trinajstić information content (AvgIpc) is 2.62. The topological polar surface area (TPSA) is 89.6 Å². The number of aryl methyl sites for hydroxylation is 1. The predicted octanol–water partition coefficient (Wildman–Crippen LogP) is 1.93. The number of aromatic nitrogens is 1. The van der Waals surface area contributed by atoms with E-state index in [-0.39, 0.29) is 31.4 Å². The maximum absolute atomic E-state index is 11.8. The molecule has 0 radical (unpaired) electrons. The van der Waals surface area contributed by atoms with E-state index in [1.807, 2.05) is 49.4 Å². The third-order valence-corrected chi connectivity index (χ3v) is 3.30. The highest BCUT2D eigenvalue weighted by Gasteiger charge is 2.06. The number of ether oxygens (including phenoxy) is 2. The number of hydrogen-bond donors (Lipinski definition) is 2. The van der Waals surface area contributed by atoms with Crippen LogP contribution in [0.4, 0.5) is 5.82 Å². The number of carbonyl (C=O) groups excluding carboxylic acids is 2. The van der Waals surface area contributed by atoms with Crippen LogP contribution in [0.2, 0.25) is 0 Å². The molecule has 0 aliphatic carbocycles. The number of para-hydroxylation sites is 1. The van der Waals surface area contributed by atoms with E-state index in [4.69, 9.17) is 9.47 Å². The van der Waals surface area contributed by atoms with Crippen LogP contribution >= 0.6 is 0 Å². The Bertz CT molecular complexity index is 707. The third-order valence-electron chi connectivity index (χ3n) is 3.30. The maximum Gasteiger partial charge on any atom is 0.246 e. The van der Waals surface area contributed by atoms with Gasteiger partial charge in [-0.15, -0.1) is 0 Å². The van der Waals surface area contributed by atoms with Gasteiger partial charge in [-0.25, -0.2) is 4.98 Å². The normalized spacial score (nSPS) is 10.2. The van der Waals surface area contributed by atoms with Gasteiger partial charge in [-0.2, -0.15) is 0 Å². The van der Waals surface area contributed by atoms with Crippen molar-refractivity contribution in [3.8, 4) is 5.75 Å². The Kier molecular flexibility index (Phi) is 8.08. The Morgan fingerprint density at radius 1 is 1.00 bits per heavy atom. The molecule has 1 aromatic carbocycles. The number of anilines is 1. The van der Waals surface area contributed by atoms with Crippen LogP contribution in [0.5, 0.6) is 5.75 Å². The lowest BCUT2D eigenvalue weighted by Crippen LogP contribution is -2.31. The molecule has 0 aliphatic heterocycles. The van der Waals surface area contributed by atoms with Crippen molar-refractivity contribution in [3.63, 3.8) is 0 Å². The fourth-order valence-electron chi connectivity index (χ4n) is 2.08. The van der Waals surface area contributed by atoms with E-state index in [0.29, 0.717) is 19.0 Å². The predicted molar refractivity (Wildman–Crippen MR) is 98.0 cm³/mol. The van der Waals surface area contributed by atoms with Crippen LogP contribution in [0, 0.1) is 6.92 Å². The number of nitrogens with zero attached hydrogens (tertiary/aromatic N) is 1. The summed E-state index contributed by atoms with van der Waals surface area (Å²) in [5.41, 5.74) is 0.824.